The molecule has 0 saturated heterocycles. The monoisotopic (exact) mass is 255 g/mol. The zero-order chi connectivity index (χ0) is 12.7. The predicted molar refractivity (Wildman–Crippen MR) is 76.5 cm³/mol. The quantitative estimate of drug-likeness (QED) is 0.679. The minimum Gasteiger partial charge on any atom is -0.353 e. The van der Waals surface area contributed by atoms with Crippen LogP contribution in [0.2, 0.25) is 0 Å². The molecule has 0 amide bonds. The summed E-state index contributed by atoms with van der Waals surface area (Å²) in [5, 5.41) is 1.01. The highest BCUT2D eigenvalue weighted by Gasteiger charge is 2.13. The number of hydrogen-bond donors (Lipinski definition) is 1. The molecule has 18 heavy (non-hydrogen) atoms. The number of H-pyrrole nitrogens is 1. The van der Waals surface area contributed by atoms with Gasteiger partial charge in [0.05, 0.1) is 10.6 Å². The summed E-state index contributed by atoms with van der Waals surface area (Å²) in [5.74, 6) is 0. The molecule has 3 heteroatoms. The van der Waals surface area contributed by atoms with Gasteiger partial charge in [-0.1, -0.05) is 11.6 Å². The smallest absolute Gasteiger partial charge is 0.152 e. The summed E-state index contributed by atoms with van der Waals surface area (Å²) in [7, 11) is 0. The van der Waals surface area contributed by atoms with Crippen LogP contribution < -0.4 is 0 Å². The maximum Gasteiger partial charge on any atom is 0.152 e. The average Bonchev–Trinajstić information content (AvgIpc) is 2.91. The van der Waals surface area contributed by atoms with Crippen LogP contribution in [0.5, 0.6) is 0 Å². The first-order valence-electron chi connectivity index (χ1n) is 5.83. The van der Waals surface area contributed by atoms with Gasteiger partial charge in [-0.15, -0.1) is 11.3 Å². The standard InChI is InChI=1S/C15H13NOS/c1-9-3-5-13-11(7-9)12(8-17)15(16-13)14-6-4-10(2)18-14/h3-8,16H,1-2H3. The Morgan fingerprint density at radius 1 is 1.17 bits per heavy atom. The Morgan fingerprint density at radius 2 is 2.00 bits per heavy atom. The molecule has 1 aromatic carbocycles. The molecule has 0 atom stereocenters. The SMILES string of the molecule is Cc1ccc2[nH]c(-c3ccc(C)s3)c(C=O)c2c1. The van der Waals surface area contributed by atoms with Gasteiger partial charge < -0.3 is 4.98 Å². The number of carbonyl (C=O) groups is 1. The highest BCUT2D eigenvalue weighted by molar-refractivity contribution is 7.15. The van der Waals surface area contributed by atoms with Gasteiger partial charge in [0.2, 0.25) is 0 Å². The van der Waals surface area contributed by atoms with Gasteiger partial charge in [0.15, 0.2) is 6.29 Å². The molecule has 0 fully saturated rings. The lowest BCUT2D eigenvalue weighted by atomic mass is 10.1. The highest BCUT2D eigenvalue weighted by atomic mass is 32.1. The number of nitrogens with one attached hydrogen (secondary N) is 1. The van der Waals surface area contributed by atoms with Gasteiger partial charge in [-0.2, -0.15) is 0 Å². The highest BCUT2D eigenvalue weighted by Crippen LogP contribution is 2.33. The molecular weight excluding hydrogens is 242 g/mol. The summed E-state index contributed by atoms with van der Waals surface area (Å²) >= 11 is 1.70. The van der Waals surface area contributed by atoms with E-state index in [-0.39, 0.29) is 0 Å². The fourth-order valence-electron chi connectivity index (χ4n) is 2.21. The maximum absolute atomic E-state index is 11.4. The fraction of sp³-hybridized carbons (Fsp3) is 0.133. The molecule has 2 nitrogen and oxygen atoms in total. The summed E-state index contributed by atoms with van der Waals surface area (Å²) < 4.78 is 0. The second-order valence-corrected chi connectivity index (χ2v) is 5.78. The van der Waals surface area contributed by atoms with Crippen molar-refractivity contribution in [2.75, 3.05) is 0 Å². The lowest BCUT2D eigenvalue weighted by molar-refractivity contribution is 0.112. The molecule has 0 radical (unpaired) electrons. The molecule has 90 valence electrons. The lowest BCUT2D eigenvalue weighted by Gasteiger charge is -1.94. The second-order valence-electron chi connectivity index (χ2n) is 4.49. The number of thiophene rings is 1. The first-order valence-corrected chi connectivity index (χ1v) is 6.65. The first kappa shape index (κ1) is 11.2. The van der Waals surface area contributed by atoms with E-state index in [2.05, 4.69) is 36.2 Å². The van der Waals surface area contributed by atoms with E-state index in [1.807, 2.05) is 13.0 Å². The van der Waals surface area contributed by atoms with E-state index >= 15 is 0 Å². The maximum atomic E-state index is 11.4. The molecule has 1 N–H and O–H groups in total. The number of aromatic amines is 1. The van der Waals surface area contributed by atoms with Crippen molar-refractivity contribution in [3.8, 4) is 10.6 Å². The summed E-state index contributed by atoms with van der Waals surface area (Å²) in [5.41, 5.74) is 3.88. The number of fused-ring (bicyclic) bond motifs is 1. The number of rotatable bonds is 2. The van der Waals surface area contributed by atoms with Crippen molar-refractivity contribution in [1.82, 2.24) is 4.98 Å². The Morgan fingerprint density at radius 3 is 2.67 bits per heavy atom. The van der Waals surface area contributed by atoms with Crippen LogP contribution in [-0.2, 0) is 0 Å². The van der Waals surface area contributed by atoms with Gasteiger partial charge in [0, 0.05) is 21.3 Å². The third-order valence-electron chi connectivity index (χ3n) is 3.10. The van der Waals surface area contributed by atoms with Gasteiger partial charge in [-0.25, -0.2) is 0 Å². The van der Waals surface area contributed by atoms with Crippen molar-refractivity contribution in [2.24, 2.45) is 0 Å². The molecule has 2 aromatic heterocycles. The number of hydrogen-bond acceptors (Lipinski definition) is 2. The number of benzene rings is 1. The minimum atomic E-state index is 0.760. The van der Waals surface area contributed by atoms with Crippen molar-refractivity contribution in [1.29, 1.82) is 0 Å². The van der Waals surface area contributed by atoms with Crippen LogP contribution in [0.1, 0.15) is 20.8 Å². The Kier molecular flexibility index (Phi) is 2.56. The van der Waals surface area contributed by atoms with Crippen LogP contribution >= 0.6 is 11.3 Å². The van der Waals surface area contributed by atoms with Gasteiger partial charge in [-0.05, 0) is 38.1 Å². The molecule has 0 bridgehead atoms. The molecule has 0 unspecified atom stereocenters. The molecule has 0 spiro atoms. The molecular formula is C15H13NOS. The molecule has 2 heterocycles. The van der Waals surface area contributed by atoms with Gasteiger partial charge >= 0.3 is 0 Å². The third kappa shape index (κ3) is 1.68. The normalized spacial score (nSPS) is 11.0. The Balaban J connectivity index is 2.32. The first-order chi connectivity index (χ1) is 8.69. The molecule has 0 aliphatic heterocycles. The zero-order valence-corrected chi connectivity index (χ0v) is 11.1. The van der Waals surface area contributed by atoms with Crippen LogP contribution in [0.3, 0.4) is 0 Å². The van der Waals surface area contributed by atoms with Gasteiger partial charge in [-0.3, -0.25) is 4.79 Å². The number of aldehydes is 1. The number of aryl methyl sites for hydroxylation is 2. The average molecular weight is 255 g/mol. The summed E-state index contributed by atoms with van der Waals surface area (Å²) in [6.07, 6.45) is 0.947. The van der Waals surface area contributed by atoms with E-state index in [4.69, 9.17) is 0 Å². The van der Waals surface area contributed by atoms with Gasteiger partial charge in [0.1, 0.15) is 0 Å². The van der Waals surface area contributed by atoms with Crippen LogP contribution in [0.15, 0.2) is 30.3 Å². The minimum absolute atomic E-state index is 0.760. The van der Waals surface area contributed by atoms with Crippen molar-refractivity contribution in [2.45, 2.75) is 13.8 Å². The van der Waals surface area contributed by atoms with E-state index in [9.17, 15) is 4.79 Å². The molecule has 0 saturated carbocycles. The second kappa shape index (κ2) is 4.10. The van der Waals surface area contributed by atoms with E-state index in [1.54, 1.807) is 11.3 Å². The van der Waals surface area contributed by atoms with Crippen molar-refractivity contribution < 1.29 is 4.79 Å². The molecule has 3 rings (SSSR count). The largest absolute Gasteiger partial charge is 0.353 e. The molecule has 0 aliphatic carbocycles. The topological polar surface area (TPSA) is 32.9 Å². The van der Waals surface area contributed by atoms with E-state index in [0.29, 0.717) is 0 Å². The van der Waals surface area contributed by atoms with Crippen LogP contribution in [0.4, 0.5) is 0 Å². The third-order valence-corrected chi connectivity index (χ3v) is 4.12. The Bertz CT molecular complexity index is 736. The van der Waals surface area contributed by atoms with Crippen LogP contribution in [0, 0.1) is 13.8 Å². The van der Waals surface area contributed by atoms with Gasteiger partial charge in [0.25, 0.3) is 0 Å². The fourth-order valence-corrected chi connectivity index (χ4v) is 3.09. The summed E-state index contributed by atoms with van der Waals surface area (Å²) in [6.45, 7) is 4.11. The predicted octanol–water partition coefficient (Wildman–Crippen LogP) is 4.33. The number of aromatic nitrogens is 1. The zero-order valence-electron chi connectivity index (χ0n) is 10.3. The van der Waals surface area contributed by atoms with E-state index in [1.165, 1.54) is 10.4 Å². The molecule has 3 aromatic rings. The number of carbonyl (C=O) groups excluding carboxylic acids is 1. The summed E-state index contributed by atoms with van der Waals surface area (Å²) in [4.78, 5) is 17.1. The molecule has 0 aliphatic rings. The van der Waals surface area contributed by atoms with Crippen LogP contribution in [0.25, 0.3) is 21.5 Å². The Labute approximate surface area is 109 Å². The lowest BCUT2D eigenvalue weighted by Crippen LogP contribution is -1.81. The van der Waals surface area contributed by atoms with Crippen molar-refractivity contribution in [3.63, 3.8) is 0 Å². The van der Waals surface area contributed by atoms with Crippen molar-refractivity contribution >= 4 is 28.5 Å². The van der Waals surface area contributed by atoms with E-state index in [0.717, 1.165) is 33.3 Å². The summed E-state index contributed by atoms with van der Waals surface area (Å²) in [6, 6.07) is 10.3. The van der Waals surface area contributed by atoms with Crippen molar-refractivity contribution in [3.05, 3.63) is 46.3 Å². The van der Waals surface area contributed by atoms with Crippen LogP contribution in [-0.4, -0.2) is 11.3 Å². The van der Waals surface area contributed by atoms with E-state index < -0.39 is 0 Å². The Hall–Kier alpha value is -1.87.